The predicted molar refractivity (Wildman–Crippen MR) is 98.4 cm³/mol. The van der Waals surface area contributed by atoms with Crippen LogP contribution in [0.3, 0.4) is 0 Å². The summed E-state index contributed by atoms with van der Waals surface area (Å²) >= 11 is 1.49. The van der Waals surface area contributed by atoms with E-state index in [4.69, 9.17) is 0 Å². The summed E-state index contributed by atoms with van der Waals surface area (Å²) in [6.07, 6.45) is 8.20. The van der Waals surface area contributed by atoms with Crippen LogP contribution in [0.25, 0.3) is 0 Å². The highest BCUT2D eigenvalue weighted by atomic mass is 32.1. The fourth-order valence-electron chi connectivity index (χ4n) is 3.26. The first-order chi connectivity index (χ1) is 12.3. The van der Waals surface area contributed by atoms with Gasteiger partial charge in [0.2, 0.25) is 5.91 Å². The van der Waals surface area contributed by atoms with Gasteiger partial charge in [-0.3, -0.25) is 14.6 Å². The number of carbonyl (C=O) groups excluding carboxylic acids is 2. The molecule has 1 aliphatic heterocycles. The number of amides is 2. The molecule has 25 heavy (non-hydrogen) atoms. The van der Waals surface area contributed by atoms with Crippen LogP contribution < -0.4 is 5.32 Å². The molecular weight excluding hydrogens is 334 g/mol. The van der Waals surface area contributed by atoms with Gasteiger partial charge in [-0.1, -0.05) is 12.8 Å². The molecule has 0 bridgehead atoms. The predicted octanol–water partition coefficient (Wildman–Crippen LogP) is 3.41. The molecule has 3 rings (SSSR count). The van der Waals surface area contributed by atoms with Gasteiger partial charge >= 0.3 is 0 Å². The number of carbonyl (C=O) groups is 2. The third kappa shape index (κ3) is 4.66. The van der Waals surface area contributed by atoms with E-state index in [1.807, 2.05) is 27.8 Å². The normalized spacial score (nSPS) is 17.8. The number of aromatic nitrogens is 1. The lowest BCUT2D eigenvalue weighted by molar-refractivity contribution is -0.133. The molecule has 2 aromatic rings. The Bertz CT molecular complexity index is 688. The van der Waals surface area contributed by atoms with Crippen molar-refractivity contribution in [3.63, 3.8) is 0 Å². The molecule has 1 aliphatic rings. The lowest BCUT2D eigenvalue weighted by Gasteiger charge is -2.30. The van der Waals surface area contributed by atoms with E-state index >= 15 is 0 Å². The molecule has 6 heteroatoms. The van der Waals surface area contributed by atoms with E-state index in [9.17, 15) is 9.59 Å². The van der Waals surface area contributed by atoms with Crippen LogP contribution in [0.4, 0.5) is 0 Å². The van der Waals surface area contributed by atoms with Crippen molar-refractivity contribution in [1.29, 1.82) is 0 Å². The third-order valence-electron chi connectivity index (χ3n) is 4.57. The smallest absolute Gasteiger partial charge is 0.252 e. The number of likely N-dealkylation sites (tertiary alicyclic amines) is 1. The zero-order chi connectivity index (χ0) is 17.5. The van der Waals surface area contributed by atoms with Gasteiger partial charge in [0.15, 0.2) is 0 Å². The Kier molecular flexibility index (Phi) is 6.17. The van der Waals surface area contributed by atoms with Crippen molar-refractivity contribution < 1.29 is 9.59 Å². The summed E-state index contributed by atoms with van der Waals surface area (Å²) in [7, 11) is 0. The number of nitrogens with zero attached hydrogens (tertiary/aromatic N) is 2. The fourth-order valence-corrected chi connectivity index (χ4v) is 3.90. The summed E-state index contributed by atoms with van der Waals surface area (Å²) in [5.41, 5.74) is 1.80. The second-order valence-corrected chi connectivity index (χ2v) is 7.03. The molecule has 1 atom stereocenters. The van der Waals surface area contributed by atoms with Gasteiger partial charge in [0.05, 0.1) is 6.04 Å². The summed E-state index contributed by atoms with van der Waals surface area (Å²) in [5, 5.41) is 6.52. The minimum Gasteiger partial charge on any atom is -0.351 e. The molecule has 0 aliphatic carbocycles. The van der Waals surface area contributed by atoms with Gasteiger partial charge in [-0.2, -0.15) is 11.3 Å². The molecule has 2 amide bonds. The molecule has 132 valence electrons. The van der Waals surface area contributed by atoms with E-state index in [2.05, 4.69) is 10.3 Å². The third-order valence-corrected chi connectivity index (χ3v) is 5.26. The van der Waals surface area contributed by atoms with Gasteiger partial charge in [-0.05, 0) is 42.0 Å². The summed E-state index contributed by atoms with van der Waals surface area (Å²) in [4.78, 5) is 30.8. The number of hydrogen-bond acceptors (Lipinski definition) is 4. The molecule has 5 nitrogen and oxygen atoms in total. The Morgan fingerprint density at radius 3 is 2.80 bits per heavy atom. The zero-order valence-electron chi connectivity index (χ0n) is 14.2. The summed E-state index contributed by atoms with van der Waals surface area (Å²) < 4.78 is 0. The highest BCUT2D eigenvalue weighted by Crippen LogP contribution is 2.30. The van der Waals surface area contributed by atoms with Gasteiger partial charge in [-0.25, -0.2) is 0 Å². The van der Waals surface area contributed by atoms with Crippen LogP contribution in [-0.2, 0) is 4.79 Å². The first-order valence-electron chi connectivity index (χ1n) is 8.75. The molecule has 1 N–H and O–H groups in total. The first kappa shape index (κ1) is 17.6. The van der Waals surface area contributed by atoms with E-state index in [-0.39, 0.29) is 17.9 Å². The summed E-state index contributed by atoms with van der Waals surface area (Å²) in [6, 6.07) is 5.89. The lowest BCUT2D eigenvalue weighted by Crippen LogP contribution is -2.37. The average Bonchev–Trinajstić information content (AvgIpc) is 3.07. The molecule has 0 spiro atoms. The van der Waals surface area contributed by atoms with Crippen LogP contribution in [0.5, 0.6) is 0 Å². The van der Waals surface area contributed by atoms with E-state index in [0.717, 1.165) is 37.8 Å². The average molecular weight is 357 g/mol. The molecule has 1 fully saturated rings. The maximum absolute atomic E-state index is 12.8. The van der Waals surface area contributed by atoms with E-state index < -0.39 is 0 Å². The zero-order valence-corrected chi connectivity index (χ0v) is 15.0. The molecule has 2 aromatic heterocycles. The second kappa shape index (κ2) is 8.76. The maximum atomic E-state index is 12.8. The number of hydrogen-bond donors (Lipinski definition) is 1. The van der Waals surface area contributed by atoms with Crippen LogP contribution in [0.15, 0.2) is 41.4 Å². The minimum absolute atomic E-state index is 0.106. The Labute approximate surface area is 152 Å². The number of pyridine rings is 1. The number of rotatable bonds is 5. The molecule has 1 unspecified atom stereocenters. The molecule has 1 saturated heterocycles. The van der Waals surface area contributed by atoms with E-state index in [1.165, 1.54) is 11.3 Å². The van der Waals surface area contributed by atoms with E-state index in [1.54, 1.807) is 18.5 Å². The highest BCUT2D eigenvalue weighted by Gasteiger charge is 2.26. The van der Waals surface area contributed by atoms with Crippen molar-refractivity contribution in [3.8, 4) is 0 Å². The van der Waals surface area contributed by atoms with Crippen molar-refractivity contribution in [1.82, 2.24) is 15.2 Å². The standard InChI is InChI=1S/C19H23N3O2S/c23-18(7-11-21-19(24)16-8-13-25-14-16)22-12-3-1-2-4-17(22)15-5-9-20-10-6-15/h5-6,8-10,13-14,17H,1-4,7,11-12H2,(H,21,24). The van der Waals surface area contributed by atoms with Crippen LogP contribution in [0.2, 0.25) is 0 Å². The molecular formula is C19H23N3O2S. The Morgan fingerprint density at radius 2 is 2.04 bits per heavy atom. The largest absolute Gasteiger partial charge is 0.351 e. The lowest BCUT2D eigenvalue weighted by atomic mass is 10.0. The van der Waals surface area contributed by atoms with Crippen molar-refractivity contribution >= 4 is 23.2 Å². The Morgan fingerprint density at radius 1 is 1.20 bits per heavy atom. The van der Waals surface area contributed by atoms with E-state index in [0.29, 0.717) is 18.5 Å². The maximum Gasteiger partial charge on any atom is 0.252 e. The summed E-state index contributed by atoms with van der Waals surface area (Å²) in [5.74, 6) is -0.00932. The number of nitrogens with one attached hydrogen (secondary N) is 1. The topological polar surface area (TPSA) is 62.3 Å². The van der Waals surface area contributed by atoms with Gasteiger partial charge in [-0.15, -0.1) is 0 Å². The van der Waals surface area contributed by atoms with Gasteiger partial charge < -0.3 is 10.2 Å². The van der Waals surface area contributed by atoms with Gasteiger partial charge in [0, 0.05) is 42.8 Å². The van der Waals surface area contributed by atoms with Crippen molar-refractivity contribution in [3.05, 3.63) is 52.5 Å². The van der Waals surface area contributed by atoms with Crippen molar-refractivity contribution in [2.75, 3.05) is 13.1 Å². The molecule has 0 saturated carbocycles. The Hall–Kier alpha value is -2.21. The molecule has 0 aromatic carbocycles. The fraction of sp³-hybridized carbons (Fsp3) is 0.421. The SMILES string of the molecule is O=C(NCCC(=O)N1CCCCCC1c1ccncc1)c1ccsc1. The molecule has 3 heterocycles. The Balaban J connectivity index is 1.59. The number of thiophene rings is 1. The highest BCUT2D eigenvalue weighted by molar-refractivity contribution is 7.08. The van der Waals surface area contributed by atoms with Crippen LogP contribution >= 0.6 is 11.3 Å². The monoisotopic (exact) mass is 357 g/mol. The molecule has 0 radical (unpaired) electrons. The van der Waals surface area contributed by atoms with Crippen molar-refractivity contribution in [2.45, 2.75) is 38.1 Å². The van der Waals surface area contributed by atoms with Crippen LogP contribution in [0.1, 0.15) is 54.1 Å². The second-order valence-electron chi connectivity index (χ2n) is 6.25. The first-order valence-corrected chi connectivity index (χ1v) is 9.70. The van der Waals surface area contributed by atoms with Crippen LogP contribution in [0, 0.1) is 0 Å². The van der Waals surface area contributed by atoms with Crippen LogP contribution in [-0.4, -0.2) is 34.8 Å². The van der Waals surface area contributed by atoms with Gasteiger partial charge in [0.25, 0.3) is 5.91 Å². The van der Waals surface area contributed by atoms with Gasteiger partial charge in [0.1, 0.15) is 0 Å². The minimum atomic E-state index is -0.115. The quantitative estimate of drug-likeness (QED) is 0.892. The summed E-state index contributed by atoms with van der Waals surface area (Å²) in [6.45, 7) is 1.15. The van der Waals surface area contributed by atoms with Crippen molar-refractivity contribution in [2.24, 2.45) is 0 Å².